The second-order valence-corrected chi connectivity index (χ2v) is 4.00. The van der Waals surface area contributed by atoms with Crippen LogP contribution >= 0.6 is 0 Å². The van der Waals surface area contributed by atoms with E-state index in [0.717, 1.165) is 26.1 Å². The summed E-state index contributed by atoms with van der Waals surface area (Å²) in [6, 6.07) is 1.87. The Labute approximate surface area is 99.7 Å². The Kier molecular flexibility index (Phi) is 3.87. The number of amidine groups is 1. The van der Waals surface area contributed by atoms with Crippen molar-refractivity contribution in [1.29, 1.82) is 5.41 Å². The van der Waals surface area contributed by atoms with Crippen LogP contribution in [0.3, 0.4) is 0 Å². The van der Waals surface area contributed by atoms with E-state index in [2.05, 4.69) is 9.97 Å². The standard InChI is InChI=1S/C11H16N4O2/c12-10(13)9-1-4-14-11(15-9)17-7-8-2-5-16-6-3-8/h1,4,8H,2-3,5-7H2,(H3,12,13). The van der Waals surface area contributed by atoms with Gasteiger partial charge in [-0.15, -0.1) is 0 Å². The van der Waals surface area contributed by atoms with E-state index in [1.807, 2.05) is 0 Å². The van der Waals surface area contributed by atoms with Gasteiger partial charge < -0.3 is 15.2 Å². The van der Waals surface area contributed by atoms with Gasteiger partial charge in [0.25, 0.3) is 0 Å². The molecule has 6 nitrogen and oxygen atoms in total. The van der Waals surface area contributed by atoms with Gasteiger partial charge in [0, 0.05) is 19.4 Å². The van der Waals surface area contributed by atoms with Crippen LogP contribution in [0.25, 0.3) is 0 Å². The molecule has 2 heterocycles. The average molecular weight is 236 g/mol. The van der Waals surface area contributed by atoms with E-state index in [-0.39, 0.29) is 11.8 Å². The van der Waals surface area contributed by atoms with Crippen LogP contribution in [0.5, 0.6) is 6.01 Å². The first-order valence-corrected chi connectivity index (χ1v) is 5.63. The van der Waals surface area contributed by atoms with Gasteiger partial charge in [-0.2, -0.15) is 4.98 Å². The number of ether oxygens (including phenoxy) is 2. The van der Waals surface area contributed by atoms with Crippen molar-refractivity contribution in [1.82, 2.24) is 9.97 Å². The minimum atomic E-state index is -0.0803. The van der Waals surface area contributed by atoms with Crippen LogP contribution in [-0.4, -0.2) is 35.6 Å². The fraction of sp³-hybridized carbons (Fsp3) is 0.545. The molecule has 17 heavy (non-hydrogen) atoms. The van der Waals surface area contributed by atoms with Gasteiger partial charge >= 0.3 is 6.01 Å². The van der Waals surface area contributed by atoms with Crippen molar-refractivity contribution in [3.63, 3.8) is 0 Å². The molecule has 0 saturated carbocycles. The molecule has 0 amide bonds. The van der Waals surface area contributed by atoms with E-state index in [4.69, 9.17) is 20.6 Å². The lowest BCUT2D eigenvalue weighted by Crippen LogP contribution is -2.22. The maximum Gasteiger partial charge on any atom is 0.317 e. The molecule has 0 bridgehead atoms. The summed E-state index contributed by atoms with van der Waals surface area (Å²) in [7, 11) is 0. The Morgan fingerprint density at radius 1 is 1.53 bits per heavy atom. The molecule has 1 aliphatic rings. The number of nitrogens with two attached hydrogens (primary N) is 1. The van der Waals surface area contributed by atoms with Crippen LogP contribution in [0, 0.1) is 11.3 Å². The third-order valence-electron chi connectivity index (χ3n) is 2.70. The summed E-state index contributed by atoms with van der Waals surface area (Å²) < 4.78 is 10.8. The Morgan fingerprint density at radius 3 is 3.00 bits per heavy atom. The predicted octanol–water partition coefficient (Wildman–Crippen LogP) is 0.566. The fourth-order valence-electron chi connectivity index (χ4n) is 1.67. The van der Waals surface area contributed by atoms with Gasteiger partial charge in [0.15, 0.2) is 0 Å². The molecule has 0 aromatic carbocycles. The van der Waals surface area contributed by atoms with Gasteiger partial charge in [0.2, 0.25) is 0 Å². The number of nitrogens with one attached hydrogen (secondary N) is 1. The molecule has 6 heteroatoms. The normalized spacial score (nSPS) is 16.7. The third-order valence-corrected chi connectivity index (χ3v) is 2.70. The first kappa shape index (κ1) is 11.8. The summed E-state index contributed by atoms with van der Waals surface area (Å²) in [6.45, 7) is 2.18. The van der Waals surface area contributed by atoms with Crippen molar-refractivity contribution in [3.05, 3.63) is 18.0 Å². The van der Waals surface area contributed by atoms with Crippen molar-refractivity contribution in [3.8, 4) is 6.01 Å². The zero-order chi connectivity index (χ0) is 12.1. The quantitative estimate of drug-likeness (QED) is 0.588. The molecular formula is C11H16N4O2. The molecule has 0 unspecified atom stereocenters. The average Bonchev–Trinajstić information content (AvgIpc) is 2.38. The zero-order valence-electron chi connectivity index (χ0n) is 9.56. The molecule has 1 aliphatic heterocycles. The molecule has 0 atom stereocenters. The monoisotopic (exact) mass is 236 g/mol. The molecule has 0 radical (unpaired) electrons. The van der Waals surface area contributed by atoms with Crippen LogP contribution < -0.4 is 10.5 Å². The SMILES string of the molecule is N=C(N)c1ccnc(OCC2CCOCC2)n1. The van der Waals surface area contributed by atoms with Crippen LogP contribution in [0.1, 0.15) is 18.5 Å². The molecule has 2 rings (SSSR count). The van der Waals surface area contributed by atoms with Gasteiger partial charge in [-0.3, -0.25) is 5.41 Å². The Balaban J connectivity index is 1.89. The number of rotatable bonds is 4. The lowest BCUT2D eigenvalue weighted by atomic mass is 10.0. The first-order chi connectivity index (χ1) is 8.25. The highest BCUT2D eigenvalue weighted by atomic mass is 16.5. The highest BCUT2D eigenvalue weighted by molar-refractivity contribution is 5.92. The van der Waals surface area contributed by atoms with Crippen LogP contribution in [0.15, 0.2) is 12.3 Å². The van der Waals surface area contributed by atoms with Crippen LogP contribution in [-0.2, 0) is 4.74 Å². The maximum absolute atomic E-state index is 7.28. The van der Waals surface area contributed by atoms with Gasteiger partial charge in [0.05, 0.1) is 6.61 Å². The molecule has 92 valence electrons. The molecule has 0 spiro atoms. The number of aromatic nitrogens is 2. The number of nitrogens with zero attached hydrogens (tertiary/aromatic N) is 2. The Morgan fingerprint density at radius 2 is 2.29 bits per heavy atom. The van der Waals surface area contributed by atoms with E-state index >= 15 is 0 Å². The minimum absolute atomic E-state index is 0.0803. The minimum Gasteiger partial charge on any atom is -0.463 e. The van der Waals surface area contributed by atoms with Crippen molar-refractivity contribution >= 4 is 5.84 Å². The predicted molar refractivity (Wildman–Crippen MR) is 62.1 cm³/mol. The lowest BCUT2D eigenvalue weighted by molar-refractivity contribution is 0.0482. The maximum atomic E-state index is 7.28. The van der Waals surface area contributed by atoms with Crippen molar-refractivity contribution < 1.29 is 9.47 Å². The molecule has 1 saturated heterocycles. The van der Waals surface area contributed by atoms with Gasteiger partial charge in [-0.25, -0.2) is 4.98 Å². The van der Waals surface area contributed by atoms with E-state index in [1.165, 1.54) is 0 Å². The zero-order valence-corrected chi connectivity index (χ0v) is 9.56. The summed E-state index contributed by atoms with van der Waals surface area (Å²) >= 11 is 0. The van der Waals surface area contributed by atoms with Gasteiger partial charge in [-0.1, -0.05) is 0 Å². The van der Waals surface area contributed by atoms with Crippen LogP contribution in [0.2, 0.25) is 0 Å². The van der Waals surface area contributed by atoms with E-state index in [9.17, 15) is 0 Å². The topological polar surface area (TPSA) is 94.1 Å². The number of nitrogen functional groups attached to an aromatic ring is 1. The van der Waals surface area contributed by atoms with Crippen LogP contribution in [0.4, 0.5) is 0 Å². The van der Waals surface area contributed by atoms with E-state index in [1.54, 1.807) is 12.3 Å². The van der Waals surface area contributed by atoms with Crippen molar-refractivity contribution in [2.45, 2.75) is 12.8 Å². The highest BCUT2D eigenvalue weighted by Crippen LogP contribution is 2.15. The summed E-state index contributed by atoms with van der Waals surface area (Å²) in [5, 5.41) is 7.28. The molecular weight excluding hydrogens is 220 g/mol. The summed E-state index contributed by atoms with van der Waals surface area (Å²) in [6.07, 6.45) is 3.56. The Bertz CT molecular complexity index is 391. The van der Waals surface area contributed by atoms with Crippen molar-refractivity contribution in [2.75, 3.05) is 19.8 Å². The second kappa shape index (κ2) is 5.58. The smallest absolute Gasteiger partial charge is 0.317 e. The Hall–Kier alpha value is -1.69. The fourth-order valence-corrected chi connectivity index (χ4v) is 1.67. The summed E-state index contributed by atoms with van der Waals surface area (Å²) in [4.78, 5) is 8.03. The second-order valence-electron chi connectivity index (χ2n) is 4.00. The van der Waals surface area contributed by atoms with Gasteiger partial charge in [-0.05, 0) is 24.8 Å². The molecule has 1 fully saturated rings. The third kappa shape index (κ3) is 3.39. The summed E-state index contributed by atoms with van der Waals surface area (Å²) in [5.41, 5.74) is 5.73. The molecule has 1 aromatic rings. The number of hydrogen-bond acceptors (Lipinski definition) is 5. The molecule has 1 aromatic heterocycles. The number of hydrogen-bond donors (Lipinski definition) is 2. The lowest BCUT2D eigenvalue weighted by Gasteiger charge is -2.21. The largest absolute Gasteiger partial charge is 0.463 e. The van der Waals surface area contributed by atoms with Crippen molar-refractivity contribution in [2.24, 2.45) is 11.7 Å². The van der Waals surface area contributed by atoms with E-state index < -0.39 is 0 Å². The molecule has 0 aliphatic carbocycles. The highest BCUT2D eigenvalue weighted by Gasteiger charge is 2.15. The van der Waals surface area contributed by atoms with Gasteiger partial charge in [0.1, 0.15) is 11.5 Å². The molecule has 3 N–H and O–H groups in total. The first-order valence-electron chi connectivity index (χ1n) is 5.63. The van der Waals surface area contributed by atoms with E-state index in [0.29, 0.717) is 18.2 Å². The summed E-state index contributed by atoms with van der Waals surface area (Å²) in [5.74, 6) is 0.414.